The SMILES string of the molecule is CC1CN(c2cc(F)c(-c3cc(C(=O)NC(C)(C)CC(C)(C)C)c(F)cc3F)cc2NC(=O)c2c[nH]c(=O)cc2C(F)(F)F)CC(C)N1C. The average molecular weight is 694 g/mol. The Hall–Kier alpha value is -4.33. The highest BCUT2D eigenvalue weighted by atomic mass is 19.4. The maximum atomic E-state index is 16.0. The van der Waals surface area contributed by atoms with Crippen molar-refractivity contribution < 1.29 is 35.9 Å². The van der Waals surface area contributed by atoms with E-state index in [1.54, 1.807) is 18.7 Å². The van der Waals surface area contributed by atoms with Crippen LogP contribution < -0.4 is 21.1 Å². The molecule has 2 unspecified atom stereocenters. The van der Waals surface area contributed by atoms with E-state index in [1.807, 2.05) is 41.7 Å². The molecule has 2 aromatic carbocycles. The number of hydrogen-bond acceptors (Lipinski definition) is 5. The topological polar surface area (TPSA) is 97.5 Å². The van der Waals surface area contributed by atoms with E-state index in [-0.39, 0.29) is 34.9 Å². The molecule has 14 heteroatoms. The number of rotatable bonds is 7. The zero-order valence-electron chi connectivity index (χ0n) is 28.6. The molecule has 2 heterocycles. The summed E-state index contributed by atoms with van der Waals surface area (Å²) in [5, 5.41) is 5.14. The summed E-state index contributed by atoms with van der Waals surface area (Å²) >= 11 is 0. The fourth-order valence-electron chi connectivity index (χ4n) is 6.49. The van der Waals surface area contributed by atoms with Crippen molar-refractivity contribution >= 4 is 23.2 Å². The molecule has 0 bridgehead atoms. The second-order valence-corrected chi connectivity index (χ2v) is 14.6. The Labute approximate surface area is 280 Å². The molecular formula is C35H41F6N5O3. The Balaban J connectivity index is 1.85. The molecule has 8 nitrogen and oxygen atoms in total. The number of anilines is 2. The highest BCUT2D eigenvalue weighted by molar-refractivity contribution is 6.07. The number of aromatic amines is 1. The number of carbonyl (C=O) groups is 2. The first kappa shape index (κ1) is 37.5. The smallest absolute Gasteiger partial charge is 0.367 e. The summed E-state index contributed by atoms with van der Waals surface area (Å²) in [6.07, 6.45) is -3.93. The third-order valence-corrected chi connectivity index (χ3v) is 8.52. The number of H-pyrrole nitrogens is 1. The third kappa shape index (κ3) is 8.64. The number of amides is 2. The van der Waals surface area contributed by atoms with Gasteiger partial charge in [0.05, 0.1) is 28.1 Å². The number of carbonyl (C=O) groups excluding carboxylic acids is 2. The number of pyridine rings is 1. The minimum Gasteiger partial charge on any atom is -0.367 e. The van der Waals surface area contributed by atoms with Crippen molar-refractivity contribution in [3.8, 4) is 11.1 Å². The van der Waals surface area contributed by atoms with Crippen molar-refractivity contribution in [2.75, 3.05) is 30.4 Å². The summed E-state index contributed by atoms with van der Waals surface area (Å²) in [7, 11) is 1.91. The van der Waals surface area contributed by atoms with Crippen molar-refractivity contribution in [2.24, 2.45) is 5.41 Å². The molecule has 1 fully saturated rings. The van der Waals surface area contributed by atoms with Gasteiger partial charge in [0, 0.05) is 60.2 Å². The molecule has 1 aliphatic rings. The third-order valence-electron chi connectivity index (χ3n) is 8.52. The number of aromatic nitrogens is 1. The number of benzene rings is 2. The van der Waals surface area contributed by atoms with Gasteiger partial charge < -0.3 is 20.5 Å². The number of likely N-dealkylation sites (N-methyl/N-ethyl adjacent to an activating group) is 1. The molecule has 1 aromatic heterocycles. The van der Waals surface area contributed by atoms with Gasteiger partial charge in [0.1, 0.15) is 17.5 Å². The van der Waals surface area contributed by atoms with Crippen LogP contribution in [0.2, 0.25) is 0 Å². The van der Waals surface area contributed by atoms with Gasteiger partial charge in [-0.1, -0.05) is 20.8 Å². The van der Waals surface area contributed by atoms with E-state index in [1.165, 1.54) is 0 Å². The van der Waals surface area contributed by atoms with E-state index in [2.05, 4.69) is 20.5 Å². The summed E-state index contributed by atoms with van der Waals surface area (Å²) in [6.45, 7) is 13.9. The van der Waals surface area contributed by atoms with Crippen LogP contribution in [0.25, 0.3) is 11.1 Å². The second kappa shape index (κ2) is 13.5. The van der Waals surface area contributed by atoms with E-state index < -0.39 is 74.4 Å². The molecule has 0 aliphatic carbocycles. The first-order valence-corrected chi connectivity index (χ1v) is 15.7. The normalized spacial score (nSPS) is 17.6. The van der Waals surface area contributed by atoms with Crippen molar-refractivity contribution in [3.05, 3.63) is 81.0 Å². The van der Waals surface area contributed by atoms with E-state index >= 15 is 13.2 Å². The first-order chi connectivity index (χ1) is 22.5. The lowest BCUT2D eigenvalue weighted by molar-refractivity contribution is -0.138. The molecule has 1 aliphatic heterocycles. The highest BCUT2D eigenvalue weighted by Gasteiger charge is 2.37. The maximum Gasteiger partial charge on any atom is 0.417 e. The van der Waals surface area contributed by atoms with Gasteiger partial charge in [-0.3, -0.25) is 19.3 Å². The van der Waals surface area contributed by atoms with Gasteiger partial charge in [-0.25, -0.2) is 13.2 Å². The van der Waals surface area contributed by atoms with Crippen molar-refractivity contribution in [2.45, 2.75) is 78.7 Å². The summed E-state index contributed by atoms with van der Waals surface area (Å²) in [5.74, 6) is -5.53. The number of halogens is 6. The number of alkyl halides is 3. The summed E-state index contributed by atoms with van der Waals surface area (Å²) in [5.41, 5.74) is -6.11. The van der Waals surface area contributed by atoms with Crippen LogP contribution in [0.4, 0.5) is 37.7 Å². The van der Waals surface area contributed by atoms with Crippen LogP contribution in [-0.2, 0) is 6.18 Å². The lowest BCUT2D eigenvalue weighted by Crippen LogP contribution is -2.55. The van der Waals surface area contributed by atoms with Gasteiger partial charge in [0.2, 0.25) is 5.56 Å². The molecular weight excluding hydrogens is 652 g/mol. The van der Waals surface area contributed by atoms with Gasteiger partial charge in [-0.15, -0.1) is 0 Å². The molecule has 2 amide bonds. The van der Waals surface area contributed by atoms with Crippen LogP contribution in [0.3, 0.4) is 0 Å². The Morgan fingerprint density at radius 3 is 1.98 bits per heavy atom. The monoisotopic (exact) mass is 693 g/mol. The van der Waals surface area contributed by atoms with Gasteiger partial charge in [-0.2, -0.15) is 13.2 Å². The van der Waals surface area contributed by atoms with E-state index in [9.17, 15) is 27.6 Å². The van der Waals surface area contributed by atoms with Crippen molar-refractivity contribution in [1.82, 2.24) is 15.2 Å². The Morgan fingerprint density at radius 2 is 1.41 bits per heavy atom. The fraction of sp³-hybridized carbons (Fsp3) is 0.457. The molecule has 3 N–H and O–H groups in total. The number of hydrogen-bond donors (Lipinski definition) is 3. The van der Waals surface area contributed by atoms with Gasteiger partial charge in [0.25, 0.3) is 11.8 Å². The lowest BCUT2D eigenvalue weighted by Gasteiger charge is -2.44. The Morgan fingerprint density at radius 1 is 0.837 bits per heavy atom. The van der Waals surface area contributed by atoms with E-state index in [4.69, 9.17) is 0 Å². The Bertz CT molecular complexity index is 1800. The van der Waals surface area contributed by atoms with Crippen LogP contribution in [0.1, 0.15) is 81.2 Å². The number of piperazine rings is 1. The zero-order valence-corrected chi connectivity index (χ0v) is 28.6. The van der Waals surface area contributed by atoms with Crippen LogP contribution in [0.5, 0.6) is 0 Å². The van der Waals surface area contributed by atoms with Gasteiger partial charge >= 0.3 is 6.18 Å². The molecule has 1 saturated heterocycles. The van der Waals surface area contributed by atoms with Crippen LogP contribution >= 0.6 is 0 Å². The summed E-state index contributed by atoms with van der Waals surface area (Å²) in [4.78, 5) is 44.2. The predicted octanol–water partition coefficient (Wildman–Crippen LogP) is 7.20. The quantitative estimate of drug-likeness (QED) is 0.228. The molecule has 3 aromatic rings. The average Bonchev–Trinajstić information content (AvgIpc) is 2.94. The Kier molecular flexibility index (Phi) is 10.3. The van der Waals surface area contributed by atoms with Crippen molar-refractivity contribution in [3.63, 3.8) is 0 Å². The number of nitrogens with one attached hydrogen (secondary N) is 3. The molecule has 0 spiro atoms. The van der Waals surface area contributed by atoms with Crippen molar-refractivity contribution in [1.29, 1.82) is 0 Å². The van der Waals surface area contributed by atoms with Crippen LogP contribution in [0, 0.1) is 22.9 Å². The van der Waals surface area contributed by atoms with Gasteiger partial charge in [0.15, 0.2) is 0 Å². The lowest BCUT2D eigenvalue weighted by atomic mass is 9.81. The first-order valence-electron chi connectivity index (χ1n) is 15.7. The standard InChI is InChI=1S/C35H41F6N5O3/c1-18-15-46(16-19(2)45(18)8)29-13-27(38)21(10-28(29)43-31(48)23-14-42-30(47)11-24(23)35(39,40)41)20-9-22(26(37)12-25(20)36)32(49)44-34(6,7)17-33(3,4)5/h9-14,18-19H,15-17H2,1-8H3,(H,42,47)(H,43,48)(H,44,49). The highest BCUT2D eigenvalue weighted by Crippen LogP contribution is 2.39. The molecule has 0 saturated carbocycles. The van der Waals surface area contributed by atoms with Crippen LogP contribution in [-0.4, -0.2) is 59.5 Å². The summed E-state index contributed by atoms with van der Waals surface area (Å²) < 4.78 is 88.0. The largest absolute Gasteiger partial charge is 0.417 e. The number of nitrogens with zero attached hydrogens (tertiary/aromatic N) is 2. The second-order valence-electron chi connectivity index (χ2n) is 14.6. The molecule has 0 radical (unpaired) electrons. The molecule has 2 atom stereocenters. The van der Waals surface area contributed by atoms with E-state index in [0.29, 0.717) is 31.8 Å². The minimum atomic E-state index is -5.06. The van der Waals surface area contributed by atoms with E-state index in [0.717, 1.165) is 18.2 Å². The van der Waals surface area contributed by atoms with Gasteiger partial charge in [-0.05, 0) is 64.8 Å². The maximum absolute atomic E-state index is 16.0. The molecule has 266 valence electrons. The fourth-order valence-corrected chi connectivity index (χ4v) is 6.49. The summed E-state index contributed by atoms with van der Waals surface area (Å²) in [6, 6.07) is 3.51. The minimum absolute atomic E-state index is 0.0517. The molecule has 49 heavy (non-hydrogen) atoms. The zero-order chi connectivity index (χ0) is 36.8. The molecule has 4 rings (SSSR count). The predicted molar refractivity (Wildman–Crippen MR) is 176 cm³/mol. The van der Waals surface area contributed by atoms with Crippen LogP contribution in [0.15, 0.2) is 41.3 Å².